The molecular formula is C24H25N3O3S. The molecule has 2 aromatic heterocycles. The highest BCUT2D eigenvalue weighted by atomic mass is 32.1. The highest BCUT2D eigenvalue weighted by Gasteiger charge is 2.52. The van der Waals surface area contributed by atoms with Gasteiger partial charge in [-0.1, -0.05) is 12.1 Å². The molecule has 4 bridgehead atoms. The van der Waals surface area contributed by atoms with E-state index < -0.39 is 11.9 Å². The first-order valence-electron chi connectivity index (χ1n) is 11.0. The Morgan fingerprint density at radius 2 is 1.81 bits per heavy atom. The molecule has 6 nitrogen and oxygen atoms in total. The molecule has 0 atom stereocenters. The van der Waals surface area contributed by atoms with Gasteiger partial charge in [0.15, 0.2) is 0 Å². The quantitative estimate of drug-likeness (QED) is 0.599. The summed E-state index contributed by atoms with van der Waals surface area (Å²) in [6.07, 6.45) is 7.72. The van der Waals surface area contributed by atoms with Gasteiger partial charge in [0.05, 0.1) is 16.6 Å². The van der Waals surface area contributed by atoms with E-state index in [2.05, 4.69) is 16.7 Å². The summed E-state index contributed by atoms with van der Waals surface area (Å²) in [5.41, 5.74) is 7.82. The highest BCUT2D eigenvalue weighted by molar-refractivity contribution is 7.12. The van der Waals surface area contributed by atoms with Crippen molar-refractivity contribution < 1.29 is 14.3 Å². The fraction of sp³-hybridized carbons (Fsp3) is 0.458. The number of fused-ring (bicyclic) bond motifs is 1. The van der Waals surface area contributed by atoms with Gasteiger partial charge < -0.3 is 15.0 Å². The maximum Gasteiger partial charge on any atom is 0.348 e. The number of imidazole rings is 1. The predicted molar refractivity (Wildman–Crippen MR) is 118 cm³/mol. The third-order valence-corrected chi connectivity index (χ3v) is 8.44. The average molecular weight is 436 g/mol. The summed E-state index contributed by atoms with van der Waals surface area (Å²) in [5, 5.41) is 1.59. The Morgan fingerprint density at radius 3 is 2.45 bits per heavy atom. The van der Waals surface area contributed by atoms with Crippen LogP contribution in [0.2, 0.25) is 0 Å². The molecule has 7 heteroatoms. The van der Waals surface area contributed by atoms with E-state index >= 15 is 0 Å². The van der Waals surface area contributed by atoms with Gasteiger partial charge in [0.2, 0.25) is 5.91 Å². The van der Waals surface area contributed by atoms with Crippen molar-refractivity contribution in [2.75, 3.05) is 0 Å². The zero-order valence-electron chi connectivity index (χ0n) is 17.3. The van der Waals surface area contributed by atoms with Gasteiger partial charge in [0, 0.05) is 10.9 Å². The lowest BCUT2D eigenvalue weighted by atomic mass is 9.53. The molecule has 7 rings (SSSR count). The summed E-state index contributed by atoms with van der Waals surface area (Å²) in [5.74, 6) is 2.26. The fourth-order valence-corrected chi connectivity index (χ4v) is 7.60. The van der Waals surface area contributed by atoms with Crippen molar-refractivity contribution in [3.63, 3.8) is 0 Å². The van der Waals surface area contributed by atoms with Crippen molar-refractivity contribution in [1.82, 2.24) is 9.55 Å². The van der Waals surface area contributed by atoms with Crippen LogP contribution in [0.3, 0.4) is 0 Å². The van der Waals surface area contributed by atoms with Crippen LogP contribution in [0.1, 0.15) is 64.4 Å². The SMILES string of the molecule is NC(=O)c1csc(C(=O)OCc2nc3ccccc3n2C23CC4CC(CC(C4)C2)C3)c1. The summed E-state index contributed by atoms with van der Waals surface area (Å²) >= 11 is 1.18. The number of aromatic nitrogens is 2. The second-order valence-corrected chi connectivity index (χ2v) is 10.5. The van der Waals surface area contributed by atoms with Crippen LogP contribution < -0.4 is 5.73 Å². The lowest BCUT2D eigenvalue weighted by Crippen LogP contribution is -2.52. The number of hydrogen-bond acceptors (Lipinski definition) is 5. The number of ether oxygens (including phenoxy) is 1. The molecular weight excluding hydrogens is 410 g/mol. The highest BCUT2D eigenvalue weighted by Crippen LogP contribution is 2.59. The second kappa shape index (κ2) is 6.92. The van der Waals surface area contributed by atoms with Gasteiger partial charge in [0.25, 0.3) is 0 Å². The number of esters is 1. The van der Waals surface area contributed by atoms with Crippen LogP contribution in [-0.4, -0.2) is 21.4 Å². The first kappa shape index (κ1) is 19.0. The summed E-state index contributed by atoms with van der Waals surface area (Å²) in [4.78, 5) is 29.2. The number of para-hydroxylation sites is 2. The molecule has 4 saturated carbocycles. The molecule has 1 amide bonds. The normalized spacial score (nSPS) is 28.8. The molecule has 0 saturated heterocycles. The number of thiophene rings is 1. The molecule has 160 valence electrons. The van der Waals surface area contributed by atoms with Crippen LogP contribution in [0.5, 0.6) is 0 Å². The number of carbonyl (C=O) groups is 2. The number of amides is 1. The van der Waals surface area contributed by atoms with E-state index in [0.717, 1.165) is 34.6 Å². The van der Waals surface area contributed by atoms with Crippen molar-refractivity contribution >= 4 is 34.2 Å². The molecule has 0 spiro atoms. The summed E-state index contributed by atoms with van der Waals surface area (Å²) in [6, 6.07) is 9.75. The maximum atomic E-state index is 12.6. The van der Waals surface area contributed by atoms with Crippen LogP contribution in [0.25, 0.3) is 11.0 Å². The number of benzene rings is 1. The Kier molecular flexibility index (Phi) is 4.25. The van der Waals surface area contributed by atoms with Crippen LogP contribution in [0.15, 0.2) is 35.7 Å². The molecule has 2 N–H and O–H groups in total. The topological polar surface area (TPSA) is 87.2 Å². The zero-order chi connectivity index (χ0) is 21.2. The smallest absolute Gasteiger partial charge is 0.348 e. The van der Waals surface area contributed by atoms with Crippen molar-refractivity contribution in [1.29, 1.82) is 0 Å². The van der Waals surface area contributed by atoms with Gasteiger partial charge >= 0.3 is 5.97 Å². The van der Waals surface area contributed by atoms with Crippen LogP contribution >= 0.6 is 11.3 Å². The lowest BCUT2D eigenvalue weighted by molar-refractivity contribution is -0.0440. The minimum Gasteiger partial charge on any atom is -0.453 e. The van der Waals surface area contributed by atoms with E-state index in [0.29, 0.717) is 10.4 Å². The van der Waals surface area contributed by atoms with Gasteiger partial charge in [-0.2, -0.15) is 0 Å². The zero-order valence-corrected chi connectivity index (χ0v) is 18.1. The van der Waals surface area contributed by atoms with E-state index in [1.807, 2.05) is 12.1 Å². The number of nitrogens with two attached hydrogens (primary N) is 1. The molecule has 4 aliphatic carbocycles. The van der Waals surface area contributed by atoms with Crippen LogP contribution in [0.4, 0.5) is 0 Å². The number of nitrogens with zero attached hydrogens (tertiary/aromatic N) is 2. The Labute approximate surface area is 184 Å². The molecule has 3 aromatic rings. The van der Waals surface area contributed by atoms with E-state index in [1.165, 1.54) is 55.9 Å². The van der Waals surface area contributed by atoms with Crippen LogP contribution in [0, 0.1) is 17.8 Å². The van der Waals surface area contributed by atoms with E-state index in [9.17, 15) is 9.59 Å². The molecule has 0 aliphatic heterocycles. The molecule has 4 aliphatic rings. The Morgan fingerprint density at radius 1 is 1.13 bits per heavy atom. The number of hydrogen-bond donors (Lipinski definition) is 1. The Bertz CT molecular complexity index is 1160. The third kappa shape index (κ3) is 3.09. The molecule has 0 radical (unpaired) electrons. The Hall–Kier alpha value is -2.67. The maximum absolute atomic E-state index is 12.6. The van der Waals surface area contributed by atoms with Crippen molar-refractivity contribution in [3.05, 3.63) is 52.0 Å². The molecule has 2 heterocycles. The van der Waals surface area contributed by atoms with E-state index in [4.69, 9.17) is 15.5 Å². The van der Waals surface area contributed by atoms with Crippen molar-refractivity contribution in [2.24, 2.45) is 23.5 Å². The fourth-order valence-electron chi connectivity index (χ4n) is 6.81. The molecule has 31 heavy (non-hydrogen) atoms. The summed E-state index contributed by atoms with van der Waals surface area (Å²) in [7, 11) is 0. The van der Waals surface area contributed by atoms with Crippen LogP contribution in [-0.2, 0) is 16.9 Å². The monoisotopic (exact) mass is 435 g/mol. The lowest BCUT2D eigenvalue weighted by Gasteiger charge is -2.57. The van der Waals surface area contributed by atoms with Gasteiger partial charge in [-0.15, -0.1) is 11.3 Å². The van der Waals surface area contributed by atoms with Gasteiger partial charge in [-0.05, 0) is 74.5 Å². The first-order chi connectivity index (χ1) is 15.0. The average Bonchev–Trinajstić information content (AvgIpc) is 3.36. The van der Waals surface area contributed by atoms with Gasteiger partial charge in [-0.25, -0.2) is 9.78 Å². The number of rotatable bonds is 5. The predicted octanol–water partition coefficient (Wildman–Crippen LogP) is 4.48. The minimum atomic E-state index is -0.543. The standard InChI is InChI=1S/C24H25N3O3S/c25-22(28)17-8-20(31-13-17)23(29)30-12-21-26-18-3-1-2-4-19(18)27(21)24-9-14-5-15(10-24)7-16(6-14)11-24/h1-4,8,13-16H,5-7,9-12H2,(H2,25,28). The van der Waals surface area contributed by atoms with Crippen molar-refractivity contribution in [2.45, 2.75) is 50.7 Å². The van der Waals surface area contributed by atoms with Gasteiger partial charge in [0.1, 0.15) is 17.3 Å². The largest absolute Gasteiger partial charge is 0.453 e. The minimum absolute atomic E-state index is 0.0919. The second-order valence-electron chi connectivity index (χ2n) is 9.63. The van der Waals surface area contributed by atoms with Gasteiger partial charge in [-0.3, -0.25) is 4.79 Å². The molecule has 0 unspecified atom stereocenters. The first-order valence-corrected chi connectivity index (χ1v) is 11.9. The summed E-state index contributed by atoms with van der Waals surface area (Å²) < 4.78 is 8.10. The summed E-state index contributed by atoms with van der Waals surface area (Å²) in [6.45, 7) is 0.124. The third-order valence-electron chi connectivity index (χ3n) is 7.53. The number of carbonyl (C=O) groups excluding carboxylic acids is 2. The van der Waals surface area contributed by atoms with Crippen molar-refractivity contribution in [3.8, 4) is 0 Å². The molecule has 4 fully saturated rings. The van der Waals surface area contributed by atoms with E-state index in [1.54, 1.807) is 5.38 Å². The van der Waals surface area contributed by atoms with E-state index in [-0.39, 0.29) is 12.1 Å². The number of primary amides is 1. The molecule has 1 aromatic carbocycles. The Balaban J connectivity index is 1.34.